The Morgan fingerprint density at radius 3 is 2.21 bits per heavy atom. The van der Waals surface area contributed by atoms with Crippen LogP contribution in [0.15, 0.2) is 73.1 Å². The summed E-state index contributed by atoms with van der Waals surface area (Å²) in [4.78, 5) is 4.75. The van der Waals surface area contributed by atoms with Gasteiger partial charge in [-0.25, -0.2) is 4.68 Å². The smallest absolute Gasteiger partial charge is 0.139 e. The first-order valence-electron chi connectivity index (χ1n) is 7.83. The topological polar surface area (TPSA) is 39.9 Å². The molecule has 4 rings (SSSR count). The number of benzene rings is 2. The molecule has 0 fully saturated rings. The lowest BCUT2D eigenvalue weighted by Gasteiger charge is -2.11. The molecule has 118 valence electrons. The highest BCUT2D eigenvalue weighted by atomic mass is 16.5. The van der Waals surface area contributed by atoms with Crippen molar-refractivity contribution in [3.63, 3.8) is 0 Å². The number of nitrogens with zero attached hydrogens (tertiary/aromatic N) is 3. The van der Waals surface area contributed by atoms with Gasteiger partial charge in [-0.1, -0.05) is 60.7 Å². The van der Waals surface area contributed by atoms with E-state index in [-0.39, 0.29) is 0 Å². The summed E-state index contributed by atoms with van der Waals surface area (Å²) in [5, 5.41) is 5.53. The van der Waals surface area contributed by atoms with Crippen molar-refractivity contribution in [2.75, 3.05) is 7.11 Å². The van der Waals surface area contributed by atoms with Gasteiger partial charge in [-0.3, -0.25) is 4.98 Å². The minimum absolute atomic E-state index is 0.407. The van der Waals surface area contributed by atoms with Gasteiger partial charge in [0, 0.05) is 23.6 Å². The number of ether oxygens (including phenoxy) is 1. The van der Waals surface area contributed by atoms with Crippen molar-refractivity contribution in [1.82, 2.24) is 14.8 Å². The normalized spacial score (nSPS) is 11.0. The molecule has 0 amide bonds. The summed E-state index contributed by atoms with van der Waals surface area (Å²) >= 11 is 0. The first kappa shape index (κ1) is 14.6. The number of hydrogen-bond donors (Lipinski definition) is 0. The fourth-order valence-electron chi connectivity index (χ4n) is 2.98. The van der Waals surface area contributed by atoms with E-state index in [1.165, 1.54) is 0 Å². The molecule has 0 radical (unpaired) electrons. The number of rotatable bonds is 4. The molecular formula is C20H17N3O. The molecule has 0 aliphatic rings. The van der Waals surface area contributed by atoms with E-state index in [0.29, 0.717) is 6.73 Å². The number of fused-ring (bicyclic) bond motifs is 1. The fourth-order valence-corrected chi connectivity index (χ4v) is 2.98. The van der Waals surface area contributed by atoms with Crippen molar-refractivity contribution >= 4 is 10.9 Å². The van der Waals surface area contributed by atoms with Crippen molar-refractivity contribution in [2.24, 2.45) is 0 Å². The van der Waals surface area contributed by atoms with Gasteiger partial charge in [0.05, 0.1) is 23.6 Å². The molecule has 0 saturated heterocycles. The molecule has 0 unspecified atom stereocenters. The van der Waals surface area contributed by atoms with Crippen molar-refractivity contribution < 1.29 is 4.74 Å². The van der Waals surface area contributed by atoms with Gasteiger partial charge in [0.1, 0.15) is 6.73 Å². The molecule has 0 spiro atoms. The highest BCUT2D eigenvalue weighted by Crippen LogP contribution is 2.36. The van der Waals surface area contributed by atoms with Crippen LogP contribution in [0.25, 0.3) is 33.3 Å². The summed E-state index contributed by atoms with van der Waals surface area (Å²) in [7, 11) is 1.66. The summed E-state index contributed by atoms with van der Waals surface area (Å²) < 4.78 is 7.05. The van der Waals surface area contributed by atoms with Crippen LogP contribution in [0.3, 0.4) is 0 Å². The van der Waals surface area contributed by atoms with Crippen LogP contribution in [-0.2, 0) is 11.5 Å². The number of aromatic nitrogens is 3. The van der Waals surface area contributed by atoms with Crippen LogP contribution in [0.2, 0.25) is 0 Å². The van der Waals surface area contributed by atoms with Crippen molar-refractivity contribution in [3.05, 3.63) is 73.1 Å². The molecule has 4 aromatic rings. The van der Waals surface area contributed by atoms with Gasteiger partial charge >= 0.3 is 0 Å². The minimum Gasteiger partial charge on any atom is -0.362 e. The van der Waals surface area contributed by atoms with Crippen LogP contribution in [0.5, 0.6) is 0 Å². The van der Waals surface area contributed by atoms with E-state index >= 15 is 0 Å². The van der Waals surface area contributed by atoms with Gasteiger partial charge in [0.2, 0.25) is 0 Å². The maximum Gasteiger partial charge on any atom is 0.139 e. The van der Waals surface area contributed by atoms with E-state index in [9.17, 15) is 0 Å². The predicted octanol–water partition coefficient (Wildman–Crippen LogP) is 4.37. The Balaban J connectivity index is 2.03. The molecule has 0 bridgehead atoms. The Morgan fingerprint density at radius 1 is 0.875 bits per heavy atom. The second-order valence-corrected chi connectivity index (χ2v) is 5.57. The van der Waals surface area contributed by atoms with Crippen LogP contribution in [0.1, 0.15) is 0 Å². The predicted molar refractivity (Wildman–Crippen MR) is 95.4 cm³/mol. The van der Waals surface area contributed by atoms with Crippen LogP contribution in [-0.4, -0.2) is 21.9 Å². The number of pyridine rings is 1. The van der Waals surface area contributed by atoms with Gasteiger partial charge < -0.3 is 4.74 Å². The lowest BCUT2D eigenvalue weighted by atomic mass is 9.96. The minimum atomic E-state index is 0.407. The molecule has 0 atom stereocenters. The second-order valence-electron chi connectivity index (χ2n) is 5.57. The molecule has 2 aromatic carbocycles. The first-order chi connectivity index (χ1) is 11.9. The Morgan fingerprint density at radius 2 is 1.54 bits per heavy atom. The monoisotopic (exact) mass is 315 g/mol. The highest BCUT2D eigenvalue weighted by molar-refractivity contribution is 6.00. The van der Waals surface area contributed by atoms with Crippen molar-refractivity contribution in [2.45, 2.75) is 6.73 Å². The van der Waals surface area contributed by atoms with Gasteiger partial charge in [-0.2, -0.15) is 5.10 Å². The molecule has 4 nitrogen and oxygen atoms in total. The van der Waals surface area contributed by atoms with E-state index in [1.54, 1.807) is 7.11 Å². The summed E-state index contributed by atoms with van der Waals surface area (Å²) in [5.41, 5.74) is 5.26. The summed E-state index contributed by atoms with van der Waals surface area (Å²) in [6, 6.07) is 20.6. The number of methoxy groups -OCH3 is 1. The van der Waals surface area contributed by atoms with Crippen LogP contribution in [0.4, 0.5) is 0 Å². The molecule has 0 aliphatic heterocycles. The molecular weight excluding hydrogens is 298 g/mol. The fraction of sp³-hybridized carbons (Fsp3) is 0.100. The molecule has 2 aromatic heterocycles. The largest absolute Gasteiger partial charge is 0.362 e. The summed E-state index contributed by atoms with van der Waals surface area (Å²) in [5.74, 6) is 0. The zero-order valence-electron chi connectivity index (χ0n) is 13.4. The first-order valence-corrected chi connectivity index (χ1v) is 7.83. The van der Waals surface area contributed by atoms with E-state index < -0.39 is 0 Å². The van der Waals surface area contributed by atoms with E-state index in [1.807, 2.05) is 53.5 Å². The van der Waals surface area contributed by atoms with Gasteiger partial charge in [-0.05, 0) is 5.56 Å². The molecule has 0 saturated carbocycles. The second kappa shape index (κ2) is 6.26. The van der Waals surface area contributed by atoms with Crippen molar-refractivity contribution in [3.8, 4) is 22.4 Å². The zero-order valence-corrected chi connectivity index (χ0v) is 13.4. The Bertz CT molecular complexity index is 962. The quantitative estimate of drug-likeness (QED) is 0.561. The Kier molecular flexibility index (Phi) is 3.81. The molecule has 24 heavy (non-hydrogen) atoms. The average molecular weight is 315 g/mol. The molecule has 0 aliphatic carbocycles. The standard InChI is InChI=1S/C20H17N3O/c1-24-14-23-18-13-21-20(16-10-6-3-7-11-16)19(17(18)12-22-23)15-8-4-2-5-9-15/h2-13H,14H2,1H3. The Labute approximate surface area is 140 Å². The van der Waals surface area contributed by atoms with E-state index in [2.05, 4.69) is 29.4 Å². The maximum atomic E-state index is 5.23. The Hall–Kier alpha value is -2.98. The van der Waals surface area contributed by atoms with E-state index in [4.69, 9.17) is 9.72 Å². The summed E-state index contributed by atoms with van der Waals surface area (Å²) in [6.45, 7) is 0.407. The third-order valence-electron chi connectivity index (χ3n) is 4.06. The molecule has 2 heterocycles. The van der Waals surface area contributed by atoms with E-state index in [0.717, 1.165) is 33.3 Å². The van der Waals surface area contributed by atoms with Gasteiger partial charge in [0.15, 0.2) is 0 Å². The third kappa shape index (κ3) is 2.47. The van der Waals surface area contributed by atoms with Crippen molar-refractivity contribution in [1.29, 1.82) is 0 Å². The van der Waals surface area contributed by atoms with Crippen LogP contribution in [0, 0.1) is 0 Å². The molecule has 4 heteroatoms. The zero-order chi connectivity index (χ0) is 16.4. The van der Waals surface area contributed by atoms with Crippen LogP contribution >= 0.6 is 0 Å². The average Bonchev–Trinajstić information content (AvgIpc) is 3.06. The van der Waals surface area contributed by atoms with Gasteiger partial charge in [0.25, 0.3) is 0 Å². The van der Waals surface area contributed by atoms with Crippen LogP contribution < -0.4 is 0 Å². The molecule has 0 N–H and O–H groups in total. The third-order valence-corrected chi connectivity index (χ3v) is 4.06. The summed E-state index contributed by atoms with van der Waals surface area (Å²) in [6.07, 6.45) is 3.76. The maximum absolute atomic E-state index is 5.23. The lowest BCUT2D eigenvalue weighted by molar-refractivity contribution is 0.124. The number of hydrogen-bond acceptors (Lipinski definition) is 3. The highest BCUT2D eigenvalue weighted by Gasteiger charge is 2.16. The lowest BCUT2D eigenvalue weighted by Crippen LogP contribution is -2.01. The SMILES string of the molecule is COCn1ncc2c(-c3ccccc3)c(-c3ccccc3)ncc21. The van der Waals surface area contributed by atoms with Gasteiger partial charge in [-0.15, -0.1) is 0 Å².